The topological polar surface area (TPSA) is 70.4 Å². The average Bonchev–Trinajstić information content (AvgIpc) is 3.13. The zero-order chi connectivity index (χ0) is 18.4. The number of nitrogens with zero attached hydrogens (tertiary/aromatic N) is 7. The summed E-state index contributed by atoms with van der Waals surface area (Å²) in [5, 5.41) is 4.52. The van der Waals surface area contributed by atoms with Crippen molar-refractivity contribution < 1.29 is 4.79 Å². The molecule has 5 rings (SSSR count). The maximum atomic E-state index is 12.2. The van der Waals surface area contributed by atoms with Crippen LogP contribution in [0.1, 0.15) is 36.6 Å². The molecule has 8 heteroatoms. The summed E-state index contributed by atoms with van der Waals surface area (Å²) < 4.78 is 2.00. The first-order valence-corrected chi connectivity index (χ1v) is 9.85. The van der Waals surface area contributed by atoms with E-state index in [0.29, 0.717) is 6.04 Å². The normalized spacial score (nSPS) is 20.6. The Morgan fingerprint density at radius 2 is 1.93 bits per heavy atom. The number of likely N-dealkylation sites (N-methyl/N-ethyl adjacent to an activating group) is 1. The molecule has 0 unspecified atom stereocenters. The summed E-state index contributed by atoms with van der Waals surface area (Å²) in [6, 6.07) is 0.374. The summed E-state index contributed by atoms with van der Waals surface area (Å²) in [6.45, 7) is 3.29. The molecule has 2 aromatic rings. The van der Waals surface area contributed by atoms with Crippen molar-refractivity contribution in [3.8, 4) is 0 Å². The number of fused-ring (bicyclic) bond motifs is 1. The van der Waals surface area contributed by atoms with E-state index >= 15 is 0 Å². The number of urea groups is 1. The fraction of sp³-hybridized carbons (Fsp3) is 0.579. The van der Waals surface area contributed by atoms with Gasteiger partial charge >= 0.3 is 6.03 Å². The summed E-state index contributed by atoms with van der Waals surface area (Å²) >= 11 is 0. The Labute approximate surface area is 158 Å². The molecular weight excluding hydrogens is 342 g/mol. The Hall–Kier alpha value is -2.64. The molecule has 0 radical (unpaired) electrons. The maximum absolute atomic E-state index is 12.2. The number of rotatable bonds is 3. The van der Waals surface area contributed by atoms with Crippen molar-refractivity contribution in [1.82, 2.24) is 24.6 Å². The van der Waals surface area contributed by atoms with E-state index in [4.69, 9.17) is 0 Å². The van der Waals surface area contributed by atoms with Gasteiger partial charge in [-0.2, -0.15) is 5.10 Å². The van der Waals surface area contributed by atoms with E-state index in [1.54, 1.807) is 22.3 Å². The van der Waals surface area contributed by atoms with Gasteiger partial charge in [0, 0.05) is 50.7 Å². The minimum absolute atomic E-state index is 0.0495. The molecule has 0 aromatic carbocycles. The molecule has 0 spiro atoms. The van der Waals surface area contributed by atoms with Crippen LogP contribution in [0.4, 0.5) is 16.3 Å². The summed E-state index contributed by atoms with van der Waals surface area (Å²) in [4.78, 5) is 27.2. The van der Waals surface area contributed by atoms with Crippen LogP contribution in [0.5, 0.6) is 0 Å². The van der Waals surface area contributed by atoms with Crippen molar-refractivity contribution in [3.05, 3.63) is 30.0 Å². The van der Waals surface area contributed by atoms with Gasteiger partial charge < -0.3 is 9.80 Å². The van der Waals surface area contributed by atoms with Gasteiger partial charge in [0.2, 0.25) is 0 Å². The van der Waals surface area contributed by atoms with Crippen molar-refractivity contribution in [3.63, 3.8) is 0 Å². The molecule has 0 atom stereocenters. The highest BCUT2D eigenvalue weighted by atomic mass is 16.2. The van der Waals surface area contributed by atoms with Crippen LogP contribution < -0.4 is 9.80 Å². The number of hydrogen-bond donors (Lipinski definition) is 0. The van der Waals surface area contributed by atoms with E-state index in [1.807, 2.05) is 17.9 Å². The number of carbonyl (C=O) groups is 1. The van der Waals surface area contributed by atoms with E-state index in [1.165, 1.54) is 30.5 Å². The molecule has 4 heterocycles. The highest BCUT2D eigenvalue weighted by Crippen LogP contribution is 2.33. The van der Waals surface area contributed by atoms with Crippen molar-refractivity contribution >= 4 is 17.5 Å². The molecule has 2 aromatic heterocycles. The smallest absolute Gasteiger partial charge is 0.324 e. The zero-order valence-corrected chi connectivity index (χ0v) is 15.7. The quantitative estimate of drug-likeness (QED) is 0.775. The third-order valence-electron chi connectivity index (χ3n) is 6.00. The number of hydrogen-bond acceptors (Lipinski definition) is 5. The Kier molecular flexibility index (Phi) is 3.98. The highest BCUT2D eigenvalue weighted by molar-refractivity contribution is 5.93. The molecule has 142 valence electrons. The van der Waals surface area contributed by atoms with Gasteiger partial charge in [0.05, 0.1) is 17.9 Å². The number of aromatic nitrogens is 4. The van der Waals surface area contributed by atoms with Crippen LogP contribution in [0, 0.1) is 0 Å². The monoisotopic (exact) mass is 367 g/mol. The summed E-state index contributed by atoms with van der Waals surface area (Å²) in [5.41, 5.74) is 3.47. The Morgan fingerprint density at radius 1 is 1.07 bits per heavy atom. The van der Waals surface area contributed by atoms with Gasteiger partial charge in [-0.3, -0.25) is 9.58 Å². The van der Waals surface area contributed by atoms with Gasteiger partial charge in [-0.15, -0.1) is 0 Å². The van der Waals surface area contributed by atoms with Crippen LogP contribution in [-0.2, 0) is 12.8 Å². The first kappa shape index (κ1) is 16.5. The lowest BCUT2D eigenvalue weighted by molar-refractivity contribution is 0.229. The summed E-state index contributed by atoms with van der Waals surface area (Å²) in [6.07, 6.45) is 11.4. The van der Waals surface area contributed by atoms with E-state index in [-0.39, 0.29) is 6.03 Å². The van der Waals surface area contributed by atoms with Gasteiger partial charge in [0.15, 0.2) is 0 Å². The molecule has 1 aliphatic carbocycles. The SMILES string of the molecule is CN1CCN(c2cnn(C3CN(c4ncnc5c4CCCCC5)C3)c2)C1=O. The van der Waals surface area contributed by atoms with Crippen molar-refractivity contribution in [1.29, 1.82) is 0 Å². The average molecular weight is 367 g/mol. The molecule has 2 fully saturated rings. The first-order chi connectivity index (χ1) is 13.2. The number of amides is 2. The van der Waals surface area contributed by atoms with Gasteiger partial charge in [-0.1, -0.05) is 6.42 Å². The molecule has 0 bridgehead atoms. The molecule has 2 aliphatic heterocycles. The lowest BCUT2D eigenvalue weighted by Gasteiger charge is -2.41. The van der Waals surface area contributed by atoms with Crippen LogP contribution in [0.25, 0.3) is 0 Å². The van der Waals surface area contributed by atoms with Crippen LogP contribution in [0.2, 0.25) is 0 Å². The molecule has 3 aliphatic rings. The Bertz CT molecular complexity index is 857. The lowest BCUT2D eigenvalue weighted by atomic mass is 10.0. The fourth-order valence-corrected chi connectivity index (χ4v) is 4.30. The van der Waals surface area contributed by atoms with Crippen molar-refractivity contribution in [2.75, 3.05) is 43.0 Å². The zero-order valence-electron chi connectivity index (χ0n) is 15.7. The number of carbonyl (C=O) groups excluding carboxylic acids is 1. The second-order valence-electron chi connectivity index (χ2n) is 7.78. The molecule has 0 N–H and O–H groups in total. The van der Waals surface area contributed by atoms with Crippen LogP contribution in [0.3, 0.4) is 0 Å². The maximum Gasteiger partial charge on any atom is 0.324 e. The minimum Gasteiger partial charge on any atom is -0.352 e. The molecule has 2 saturated heterocycles. The Morgan fingerprint density at radius 3 is 2.74 bits per heavy atom. The van der Waals surface area contributed by atoms with Crippen LogP contribution >= 0.6 is 0 Å². The molecule has 0 saturated carbocycles. The molecule has 8 nitrogen and oxygen atoms in total. The van der Waals surface area contributed by atoms with E-state index in [9.17, 15) is 4.79 Å². The van der Waals surface area contributed by atoms with Crippen LogP contribution in [0.15, 0.2) is 18.7 Å². The minimum atomic E-state index is 0.0495. The van der Waals surface area contributed by atoms with E-state index < -0.39 is 0 Å². The second kappa shape index (κ2) is 6.51. The Balaban J connectivity index is 1.29. The van der Waals surface area contributed by atoms with E-state index in [0.717, 1.165) is 50.5 Å². The predicted molar refractivity (Wildman–Crippen MR) is 102 cm³/mol. The van der Waals surface area contributed by atoms with E-state index in [2.05, 4.69) is 20.0 Å². The van der Waals surface area contributed by atoms with Crippen molar-refractivity contribution in [2.24, 2.45) is 0 Å². The summed E-state index contributed by atoms with van der Waals surface area (Å²) in [5.74, 6) is 1.11. The van der Waals surface area contributed by atoms with Gasteiger partial charge in [0.25, 0.3) is 0 Å². The molecular formula is C19H25N7O. The number of anilines is 2. The van der Waals surface area contributed by atoms with Crippen LogP contribution in [-0.4, -0.2) is 63.9 Å². The van der Waals surface area contributed by atoms with Crippen molar-refractivity contribution in [2.45, 2.75) is 38.1 Å². The predicted octanol–water partition coefficient (Wildman–Crippen LogP) is 1.88. The largest absolute Gasteiger partial charge is 0.352 e. The molecule has 27 heavy (non-hydrogen) atoms. The van der Waals surface area contributed by atoms with Gasteiger partial charge in [-0.05, 0) is 25.7 Å². The number of aryl methyl sites for hydroxylation is 1. The standard InChI is InChI=1S/C19H25N7O/c1-23-7-8-25(19(23)27)14-9-22-26(12-14)15-10-24(11-15)18-16-5-3-2-4-6-17(16)20-13-21-18/h9,12-13,15H,2-8,10-11H2,1H3. The van der Waals surface area contributed by atoms with Gasteiger partial charge in [-0.25, -0.2) is 14.8 Å². The van der Waals surface area contributed by atoms with Gasteiger partial charge in [0.1, 0.15) is 12.1 Å². The fourth-order valence-electron chi connectivity index (χ4n) is 4.30. The first-order valence-electron chi connectivity index (χ1n) is 9.85. The lowest BCUT2D eigenvalue weighted by Crippen LogP contribution is -2.49. The highest BCUT2D eigenvalue weighted by Gasteiger charge is 2.33. The second-order valence-corrected chi connectivity index (χ2v) is 7.78. The third-order valence-corrected chi connectivity index (χ3v) is 6.00. The molecule has 2 amide bonds. The third kappa shape index (κ3) is 2.83. The summed E-state index contributed by atoms with van der Waals surface area (Å²) in [7, 11) is 1.83.